The van der Waals surface area contributed by atoms with Crippen LogP contribution in [0, 0.1) is 6.92 Å². The van der Waals surface area contributed by atoms with E-state index in [9.17, 15) is 9.90 Å². The van der Waals surface area contributed by atoms with E-state index in [0.717, 1.165) is 22.6 Å². The molecule has 0 bridgehead atoms. The Bertz CT molecular complexity index is 869. The van der Waals surface area contributed by atoms with Crippen molar-refractivity contribution in [3.63, 3.8) is 0 Å². The highest BCUT2D eigenvalue weighted by atomic mass is 32.1. The van der Waals surface area contributed by atoms with E-state index in [4.69, 9.17) is 4.74 Å². The van der Waals surface area contributed by atoms with Crippen molar-refractivity contribution < 1.29 is 14.6 Å². The van der Waals surface area contributed by atoms with Crippen molar-refractivity contribution in [3.05, 3.63) is 64.7 Å². The van der Waals surface area contributed by atoms with Crippen LogP contribution in [0.3, 0.4) is 0 Å². The van der Waals surface area contributed by atoms with Gasteiger partial charge in [0.2, 0.25) is 0 Å². The van der Waals surface area contributed by atoms with E-state index >= 15 is 0 Å². The van der Waals surface area contributed by atoms with Gasteiger partial charge in [-0.15, -0.1) is 11.3 Å². The molecule has 3 rings (SSSR count). The molecule has 0 aliphatic heterocycles. The molecule has 0 radical (unpaired) electrons. The summed E-state index contributed by atoms with van der Waals surface area (Å²) in [5, 5.41) is 9.96. The first-order chi connectivity index (χ1) is 11.6. The van der Waals surface area contributed by atoms with Crippen molar-refractivity contribution in [1.82, 2.24) is 4.98 Å². The zero-order chi connectivity index (χ0) is 17.1. The van der Waals surface area contributed by atoms with Gasteiger partial charge in [0.05, 0.1) is 5.69 Å². The van der Waals surface area contributed by atoms with Crippen molar-refractivity contribution in [2.24, 2.45) is 0 Å². The van der Waals surface area contributed by atoms with Gasteiger partial charge in [-0.3, -0.25) is 0 Å². The number of rotatable bonds is 5. The highest BCUT2D eigenvalue weighted by molar-refractivity contribution is 7.17. The Morgan fingerprint density at radius 3 is 2.46 bits per heavy atom. The fourth-order valence-electron chi connectivity index (χ4n) is 2.35. The average Bonchev–Trinajstić information content (AvgIpc) is 3.02. The van der Waals surface area contributed by atoms with Gasteiger partial charge in [0.1, 0.15) is 21.4 Å². The minimum Gasteiger partial charge on any atom is -0.477 e. The Morgan fingerprint density at radius 1 is 1.17 bits per heavy atom. The summed E-state index contributed by atoms with van der Waals surface area (Å²) in [6.07, 6.45) is 0.604. The fourth-order valence-corrected chi connectivity index (χ4v) is 3.34. The molecule has 1 aromatic heterocycles. The summed E-state index contributed by atoms with van der Waals surface area (Å²) in [4.78, 5) is 16.0. The molecule has 0 saturated heterocycles. The molecule has 1 N–H and O–H groups in total. The predicted octanol–water partition coefficient (Wildman–Crippen LogP) is 5.17. The van der Waals surface area contributed by atoms with Crippen molar-refractivity contribution in [3.8, 4) is 22.1 Å². The molecule has 0 atom stereocenters. The molecular formula is C19H17NO3S. The van der Waals surface area contributed by atoms with Crippen LogP contribution >= 0.6 is 11.3 Å². The van der Waals surface area contributed by atoms with Crippen molar-refractivity contribution in [1.29, 1.82) is 0 Å². The first kappa shape index (κ1) is 16.2. The Balaban J connectivity index is 1.85. The van der Waals surface area contributed by atoms with Crippen molar-refractivity contribution in [2.45, 2.75) is 20.3 Å². The zero-order valence-electron chi connectivity index (χ0n) is 13.4. The third-order valence-electron chi connectivity index (χ3n) is 3.65. The quantitative estimate of drug-likeness (QED) is 0.696. The molecule has 0 amide bonds. The first-order valence-electron chi connectivity index (χ1n) is 7.65. The lowest BCUT2D eigenvalue weighted by molar-refractivity contribution is 0.0701. The van der Waals surface area contributed by atoms with Crippen LogP contribution in [0.25, 0.3) is 10.6 Å². The predicted molar refractivity (Wildman–Crippen MR) is 95.1 cm³/mol. The SMILES string of the molecule is CCc1nc(-c2ccc(Oc3ccccc3C)cc2)sc1C(=O)O. The van der Waals surface area contributed by atoms with Crippen LogP contribution in [-0.2, 0) is 6.42 Å². The van der Waals surface area contributed by atoms with E-state index in [1.807, 2.05) is 62.4 Å². The summed E-state index contributed by atoms with van der Waals surface area (Å²) in [5.41, 5.74) is 2.59. The Kier molecular flexibility index (Phi) is 4.62. The van der Waals surface area contributed by atoms with Crippen molar-refractivity contribution >= 4 is 17.3 Å². The number of nitrogens with zero attached hydrogens (tertiary/aromatic N) is 1. The lowest BCUT2D eigenvalue weighted by Gasteiger charge is -2.08. The fraction of sp³-hybridized carbons (Fsp3) is 0.158. The number of aryl methyl sites for hydroxylation is 2. The second kappa shape index (κ2) is 6.84. The Hall–Kier alpha value is -2.66. The molecule has 24 heavy (non-hydrogen) atoms. The molecule has 0 aliphatic carbocycles. The van der Waals surface area contributed by atoms with Crippen LogP contribution in [-0.4, -0.2) is 16.1 Å². The monoisotopic (exact) mass is 339 g/mol. The smallest absolute Gasteiger partial charge is 0.347 e. The first-order valence-corrected chi connectivity index (χ1v) is 8.47. The summed E-state index contributed by atoms with van der Waals surface area (Å²) in [7, 11) is 0. The van der Waals surface area contributed by atoms with Gasteiger partial charge in [-0.05, 0) is 49.2 Å². The maximum atomic E-state index is 11.3. The molecule has 0 aliphatic rings. The van der Waals surface area contributed by atoms with E-state index in [1.54, 1.807) is 0 Å². The number of carbonyl (C=O) groups is 1. The van der Waals surface area contributed by atoms with Crippen LogP contribution in [0.5, 0.6) is 11.5 Å². The number of hydrogen-bond donors (Lipinski definition) is 1. The van der Waals surface area contributed by atoms with E-state index in [2.05, 4.69) is 4.98 Å². The summed E-state index contributed by atoms with van der Waals surface area (Å²) in [6, 6.07) is 15.4. The largest absolute Gasteiger partial charge is 0.477 e. The highest BCUT2D eigenvalue weighted by Crippen LogP contribution is 2.31. The summed E-state index contributed by atoms with van der Waals surface area (Å²) < 4.78 is 5.88. The number of benzene rings is 2. The van der Waals surface area contributed by atoms with E-state index < -0.39 is 5.97 Å². The number of carboxylic acid groups (broad SMARTS) is 1. The van der Waals surface area contributed by atoms with Gasteiger partial charge in [0.15, 0.2) is 0 Å². The molecular weight excluding hydrogens is 322 g/mol. The van der Waals surface area contributed by atoms with E-state index in [-0.39, 0.29) is 0 Å². The number of hydrogen-bond acceptors (Lipinski definition) is 4. The van der Waals surface area contributed by atoms with Gasteiger partial charge in [-0.2, -0.15) is 0 Å². The normalized spacial score (nSPS) is 10.6. The van der Waals surface area contributed by atoms with Crippen LogP contribution in [0.2, 0.25) is 0 Å². The van der Waals surface area contributed by atoms with Crippen LogP contribution in [0.1, 0.15) is 27.9 Å². The third kappa shape index (κ3) is 3.31. The third-order valence-corrected chi connectivity index (χ3v) is 4.78. The minimum absolute atomic E-state index is 0.313. The van der Waals surface area contributed by atoms with Gasteiger partial charge < -0.3 is 9.84 Å². The van der Waals surface area contributed by atoms with Gasteiger partial charge in [0, 0.05) is 5.56 Å². The van der Waals surface area contributed by atoms with Gasteiger partial charge >= 0.3 is 5.97 Å². The second-order valence-electron chi connectivity index (χ2n) is 5.35. The molecule has 4 nitrogen and oxygen atoms in total. The average molecular weight is 339 g/mol. The van der Waals surface area contributed by atoms with Crippen molar-refractivity contribution in [2.75, 3.05) is 0 Å². The number of aromatic nitrogens is 1. The molecule has 2 aromatic carbocycles. The standard InChI is InChI=1S/C19H17NO3S/c1-3-15-17(19(21)22)24-18(20-15)13-8-10-14(11-9-13)23-16-7-5-4-6-12(16)2/h4-11H,3H2,1-2H3,(H,21,22). The second-order valence-corrected chi connectivity index (χ2v) is 6.34. The van der Waals surface area contributed by atoms with E-state index in [0.29, 0.717) is 22.0 Å². The molecule has 0 spiro atoms. The van der Waals surface area contributed by atoms with Crippen LogP contribution in [0.15, 0.2) is 48.5 Å². The molecule has 0 fully saturated rings. The summed E-state index contributed by atoms with van der Waals surface area (Å²) >= 11 is 1.21. The lowest BCUT2D eigenvalue weighted by Crippen LogP contribution is -1.97. The number of carboxylic acids is 1. The van der Waals surface area contributed by atoms with E-state index in [1.165, 1.54) is 11.3 Å². The lowest BCUT2D eigenvalue weighted by atomic mass is 10.2. The molecule has 5 heteroatoms. The maximum Gasteiger partial charge on any atom is 0.347 e. The zero-order valence-corrected chi connectivity index (χ0v) is 14.3. The number of aromatic carboxylic acids is 1. The number of ether oxygens (including phenoxy) is 1. The summed E-state index contributed by atoms with van der Waals surface area (Å²) in [6.45, 7) is 3.91. The Morgan fingerprint density at radius 2 is 1.88 bits per heavy atom. The molecule has 1 heterocycles. The maximum absolute atomic E-state index is 11.3. The van der Waals surface area contributed by atoms with Gasteiger partial charge in [-0.25, -0.2) is 9.78 Å². The Labute approximate surface area is 144 Å². The summed E-state index contributed by atoms with van der Waals surface area (Å²) in [5.74, 6) is 0.634. The topological polar surface area (TPSA) is 59.4 Å². The molecule has 3 aromatic rings. The van der Waals surface area contributed by atoms with Crippen LogP contribution in [0.4, 0.5) is 0 Å². The van der Waals surface area contributed by atoms with Crippen LogP contribution < -0.4 is 4.74 Å². The van der Waals surface area contributed by atoms with Gasteiger partial charge in [0.25, 0.3) is 0 Å². The molecule has 0 saturated carbocycles. The van der Waals surface area contributed by atoms with Gasteiger partial charge in [-0.1, -0.05) is 25.1 Å². The minimum atomic E-state index is -0.921. The number of thiazole rings is 1. The highest BCUT2D eigenvalue weighted by Gasteiger charge is 2.16. The number of para-hydroxylation sites is 1. The molecule has 0 unspecified atom stereocenters. The molecule has 122 valence electrons.